The number of nitrogens with two attached hydrogens (primary N) is 1. The number of hydrogen-bond acceptors (Lipinski definition) is 5. The van der Waals surface area contributed by atoms with Gasteiger partial charge < -0.3 is 5.32 Å². The molecule has 1 aromatic rings. The summed E-state index contributed by atoms with van der Waals surface area (Å²) in [5.41, 5.74) is 0. The summed E-state index contributed by atoms with van der Waals surface area (Å²) in [6.45, 7) is 0.195. The predicted octanol–water partition coefficient (Wildman–Crippen LogP) is -0.0605. The normalized spacial score (nSPS) is 11.3. The van der Waals surface area contributed by atoms with Gasteiger partial charge in [0, 0.05) is 18.9 Å². The zero-order valence-electron chi connectivity index (χ0n) is 7.14. The first-order valence-electron chi connectivity index (χ1n) is 3.69. The third-order valence-electron chi connectivity index (χ3n) is 1.29. The van der Waals surface area contributed by atoms with E-state index in [-0.39, 0.29) is 12.3 Å². The lowest BCUT2D eigenvalue weighted by atomic mass is 10.6. The maximum Gasteiger partial charge on any atom is 0.222 e. The van der Waals surface area contributed by atoms with Gasteiger partial charge in [-0.3, -0.25) is 0 Å². The van der Waals surface area contributed by atoms with Gasteiger partial charge in [0.1, 0.15) is 0 Å². The molecule has 1 aromatic heterocycles. The molecule has 0 radical (unpaired) electrons. The predicted molar refractivity (Wildman–Crippen MR) is 56.2 cm³/mol. The van der Waals surface area contributed by atoms with Crippen molar-refractivity contribution >= 4 is 31.9 Å². The molecule has 0 saturated carbocycles. The van der Waals surface area contributed by atoms with E-state index < -0.39 is 10.0 Å². The summed E-state index contributed by atoms with van der Waals surface area (Å²) in [7, 11) is -3.43. The van der Waals surface area contributed by atoms with Gasteiger partial charge in [-0.15, -0.1) is 0 Å². The van der Waals surface area contributed by atoms with Crippen molar-refractivity contribution in [2.45, 2.75) is 0 Å². The maximum absolute atomic E-state index is 10.6. The Morgan fingerprint density at radius 3 is 2.50 bits per heavy atom. The highest BCUT2D eigenvalue weighted by molar-refractivity contribution is 9.10. The molecule has 0 aliphatic heterocycles. The van der Waals surface area contributed by atoms with E-state index in [1.54, 1.807) is 12.4 Å². The molecule has 6 nitrogen and oxygen atoms in total. The first-order chi connectivity index (χ1) is 6.47. The Bertz CT molecular complexity index is 391. The van der Waals surface area contributed by atoms with Crippen LogP contribution in [0.15, 0.2) is 16.9 Å². The van der Waals surface area contributed by atoms with E-state index in [2.05, 4.69) is 31.2 Å². The molecule has 3 N–H and O–H groups in total. The van der Waals surface area contributed by atoms with Gasteiger partial charge in [0.05, 0.1) is 10.2 Å². The van der Waals surface area contributed by atoms with Gasteiger partial charge in [-0.25, -0.2) is 23.5 Å². The van der Waals surface area contributed by atoms with Crippen LogP contribution in [0.4, 0.5) is 5.95 Å². The minimum absolute atomic E-state index is 0.146. The van der Waals surface area contributed by atoms with Gasteiger partial charge in [-0.05, 0) is 15.9 Å². The Labute approximate surface area is 90.1 Å². The quantitative estimate of drug-likeness (QED) is 0.805. The third kappa shape index (κ3) is 4.49. The number of anilines is 1. The molecule has 0 aromatic carbocycles. The largest absolute Gasteiger partial charge is 0.353 e. The third-order valence-corrected chi connectivity index (χ3v) is 2.47. The number of sulfonamides is 1. The first-order valence-corrected chi connectivity index (χ1v) is 6.20. The Balaban J connectivity index is 2.43. The van der Waals surface area contributed by atoms with E-state index in [1.165, 1.54) is 0 Å². The number of primary sulfonamides is 1. The molecule has 0 amide bonds. The second-order valence-corrected chi connectivity index (χ2v) is 5.17. The number of rotatable bonds is 4. The fourth-order valence-corrected chi connectivity index (χ4v) is 1.30. The van der Waals surface area contributed by atoms with Crippen molar-refractivity contribution in [3.05, 3.63) is 16.9 Å². The average Bonchev–Trinajstić information content (AvgIpc) is 2.06. The lowest BCUT2D eigenvalue weighted by Crippen LogP contribution is -2.22. The summed E-state index contributed by atoms with van der Waals surface area (Å²) in [6, 6.07) is 0. The average molecular weight is 281 g/mol. The Morgan fingerprint density at radius 2 is 2.00 bits per heavy atom. The fourth-order valence-electron chi connectivity index (χ4n) is 0.709. The van der Waals surface area contributed by atoms with Crippen molar-refractivity contribution in [2.75, 3.05) is 17.6 Å². The van der Waals surface area contributed by atoms with Gasteiger partial charge in [0.2, 0.25) is 16.0 Å². The fraction of sp³-hybridized carbons (Fsp3) is 0.333. The van der Waals surface area contributed by atoms with Crippen molar-refractivity contribution < 1.29 is 8.42 Å². The molecule has 78 valence electrons. The molecule has 0 aliphatic rings. The number of hydrogen-bond donors (Lipinski definition) is 2. The van der Waals surface area contributed by atoms with E-state index in [0.717, 1.165) is 4.47 Å². The highest BCUT2D eigenvalue weighted by atomic mass is 79.9. The maximum atomic E-state index is 10.6. The molecule has 1 heterocycles. The van der Waals surface area contributed by atoms with Crippen molar-refractivity contribution in [3.8, 4) is 0 Å². The van der Waals surface area contributed by atoms with Crippen LogP contribution in [-0.2, 0) is 10.0 Å². The van der Waals surface area contributed by atoms with Gasteiger partial charge in [-0.2, -0.15) is 0 Å². The minimum Gasteiger partial charge on any atom is -0.353 e. The summed E-state index contributed by atoms with van der Waals surface area (Å²) in [4.78, 5) is 7.79. The summed E-state index contributed by atoms with van der Waals surface area (Å²) in [5, 5.41) is 7.53. The van der Waals surface area contributed by atoms with Gasteiger partial charge in [0.25, 0.3) is 0 Å². The second kappa shape index (κ2) is 4.67. The van der Waals surface area contributed by atoms with Crippen LogP contribution in [0.2, 0.25) is 0 Å². The lowest BCUT2D eigenvalue weighted by Gasteiger charge is -2.02. The molecule has 0 bridgehead atoms. The van der Waals surface area contributed by atoms with Gasteiger partial charge >= 0.3 is 0 Å². The molecular formula is C6H9BrN4O2S. The van der Waals surface area contributed by atoms with Crippen molar-refractivity contribution in [1.82, 2.24) is 9.97 Å². The minimum atomic E-state index is -3.43. The van der Waals surface area contributed by atoms with Crippen LogP contribution in [0.25, 0.3) is 0 Å². The molecular weight excluding hydrogens is 272 g/mol. The van der Waals surface area contributed by atoms with Crippen molar-refractivity contribution in [1.29, 1.82) is 0 Å². The SMILES string of the molecule is NS(=O)(=O)CCNc1ncc(Br)cn1. The molecule has 0 aliphatic carbocycles. The number of halogens is 1. The van der Waals surface area contributed by atoms with Crippen LogP contribution in [0.5, 0.6) is 0 Å². The number of nitrogens with one attached hydrogen (secondary N) is 1. The summed E-state index contributed by atoms with van der Waals surface area (Å²) < 4.78 is 21.9. The van der Waals surface area contributed by atoms with E-state index in [4.69, 9.17) is 5.14 Å². The Morgan fingerprint density at radius 1 is 1.43 bits per heavy atom. The Kier molecular flexibility index (Phi) is 3.78. The van der Waals surface area contributed by atoms with Crippen LogP contribution >= 0.6 is 15.9 Å². The number of aromatic nitrogens is 2. The van der Waals surface area contributed by atoms with Crippen LogP contribution < -0.4 is 10.5 Å². The van der Waals surface area contributed by atoms with Crippen molar-refractivity contribution in [3.63, 3.8) is 0 Å². The molecule has 0 unspecified atom stereocenters. The van der Waals surface area contributed by atoms with Gasteiger partial charge in [-0.1, -0.05) is 0 Å². The smallest absolute Gasteiger partial charge is 0.222 e. The van der Waals surface area contributed by atoms with E-state index in [1.807, 2.05) is 0 Å². The van der Waals surface area contributed by atoms with Crippen LogP contribution in [0, 0.1) is 0 Å². The number of nitrogens with zero attached hydrogens (tertiary/aromatic N) is 2. The summed E-state index contributed by atoms with van der Waals surface area (Å²) in [5.74, 6) is 0.226. The van der Waals surface area contributed by atoms with E-state index >= 15 is 0 Å². The second-order valence-electron chi connectivity index (χ2n) is 2.52. The topological polar surface area (TPSA) is 98.0 Å². The zero-order valence-corrected chi connectivity index (χ0v) is 9.55. The van der Waals surface area contributed by atoms with Crippen LogP contribution in [-0.4, -0.2) is 30.7 Å². The summed E-state index contributed by atoms with van der Waals surface area (Å²) >= 11 is 3.18. The van der Waals surface area contributed by atoms with Crippen LogP contribution in [0.3, 0.4) is 0 Å². The molecule has 0 atom stereocenters. The molecule has 8 heteroatoms. The zero-order chi connectivity index (χ0) is 10.6. The standard InChI is InChI=1S/C6H9BrN4O2S/c7-5-3-10-6(11-4-5)9-1-2-14(8,12)13/h3-4H,1-2H2,(H2,8,12,13)(H,9,10,11). The van der Waals surface area contributed by atoms with Gasteiger partial charge in [0.15, 0.2) is 0 Å². The molecule has 0 saturated heterocycles. The molecule has 14 heavy (non-hydrogen) atoms. The molecule has 1 rings (SSSR count). The first kappa shape index (κ1) is 11.3. The Hall–Kier alpha value is -0.730. The highest BCUT2D eigenvalue weighted by Crippen LogP contribution is 2.06. The van der Waals surface area contributed by atoms with Crippen LogP contribution in [0.1, 0.15) is 0 Å². The van der Waals surface area contributed by atoms with E-state index in [9.17, 15) is 8.42 Å². The summed E-state index contributed by atoms with van der Waals surface area (Å²) in [6.07, 6.45) is 3.12. The molecule has 0 fully saturated rings. The lowest BCUT2D eigenvalue weighted by molar-refractivity contribution is 0.598. The monoisotopic (exact) mass is 280 g/mol. The highest BCUT2D eigenvalue weighted by Gasteiger charge is 2.02. The van der Waals surface area contributed by atoms with E-state index in [0.29, 0.717) is 5.95 Å². The molecule has 0 spiro atoms. The van der Waals surface area contributed by atoms with Crippen molar-refractivity contribution in [2.24, 2.45) is 5.14 Å².